The fourth-order valence-electron chi connectivity index (χ4n) is 1.92. The van der Waals surface area contributed by atoms with Gasteiger partial charge in [-0.15, -0.1) is 5.10 Å². The lowest BCUT2D eigenvalue weighted by Gasteiger charge is -2.10. The third kappa shape index (κ3) is 4.18. The number of hydrogen-bond donors (Lipinski definition) is 1. The van der Waals surface area contributed by atoms with E-state index in [4.69, 9.17) is 4.74 Å². The molecule has 3 rings (SSSR count). The number of amides is 1. The molecule has 0 spiro atoms. The number of benzene rings is 2. The van der Waals surface area contributed by atoms with Gasteiger partial charge >= 0.3 is 0 Å². The third-order valence-corrected chi connectivity index (χ3v) is 4.16. The molecule has 1 heterocycles. The number of nitrogens with zero attached hydrogens (tertiary/aromatic N) is 4. The maximum Gasteiger partial charge on any atom is 0.262 e. The summed E-state index contributed by atoms with van der Waals surface area (Å²) in [6.45, 7) is -0.110. The number of halogens is 2. The number of ether oxygens (including phenoxy) is 1. The Hall–Kier alpha value is -2.26. The average Bonchev–Trinajstić information content (AvgIpc) is 3.10. The molecule has 1 N–H and O–H groups in total. The predicted molar refractivity (Wildman–Crippen MR) is 95.1 cm³/mol. The number of carbonyl (C=O) groups is 1. The van der Waals surface area contributed by atoms with E-state index in [9.17, 15) is 4.79 Å². The van der Waals surface area contributed by atoms with Crippen LogP contribution >= 0.6 is 31.9 Å². The summed E-state index contributed by atoms with van der Waals surface area (Å²) in [5.41, 5.74) is 1.42. The largest absolute Gasteiger partial charge is 0.484 e. The molecule has 2 aromatic carbocycles. The van der Waals surface area contributed by atoms with Gasteiger partial charge in [0.15, 0.2) is 6.61 Å². The van der Waals surface area contributed by atoms with Crippen LogP contribution < -0.4 is 10.1 Å². The Morgan fingerprint density at radius 1 is 1.21 bits per heavy atom. The minimum Gasteiger partial charge on any atom is -0.484 e. The molecule has 7 nitrogen and oxygen atoms in total. The van der Waals surface area contributed by atoms with Crippen LogP contribution in [0.25, 0.3) is 5.69 Å². The first kappa shape index (κ1) is 16.6. The van der Waals surface area contributed by atoms with Crippen molar-refractivity contribution in [2.24, 2.45) is 0 Å². The first-order valence-corrected chi connectivity index (χ1v) is 8.41. The van der Waals surface area contributed by atoms with Gasteiger partial charge in [-0.2, -0.15) is 0 Å². The molecular formula is C15H11Br2N5O2. The molecule has 24 heavy (non-hydrogen) atoms. The van der Waals surface area contributed by atoms with Crippen LogP contribution in [0.15, 0.2) is 57.7 Å². The Bertz CT molecular complexity index is 855. The van der Waals surface area contributed by atoms with Gasteiger partial charge in [-0.25, -0.2) is 4.68 Å². The van der Waals surface area contributed by atoms with Crippen molar-refractivity contribution in [1.82, 2.24) is 20.2 Å². The zero-order valence-electron chi connectivity index (χ0n) is 12.2. The van der Waals surface area contributed by atoms with Gasteiger partial charge < -0.3 is 10.1 Å². The molecule has 1 amide bonds. The number of nitrogens with one attached hydrogen (secondary N) is 1. The summed E-state index contributed by atoms with van der Waals surface area (Å²) in [4.78, 5) is 12.0. The van der Waals surface area contributed by atoms with Crippen LogP contribution in [0.4, 0.5) is 5.69 Å². The number of aromatic nitrogens is 4. The Morgan fingerprint density at radius 2 is 2.08 bits per heavy atom. The van der Waals surface area contributed by atoms with Gasteiger partial charge in [-0.1, -0.05) is 22.0 Å². The van der Waals surface area contributed by atoms with Crippen LogP contribution in [0.5, 0.6) is 5.75 Å². The Morgan fingerprint density at radius 3 is 2.83 bits per heavy atom. The monoisotopic (exact) mass is 451 g/mol. The highest BCUT2D eigenvalue weighted by Gasteiger charge is 2.08. The number of carbonyl (C=O) groups excluding carboxylic acids is 1. The van der Waals surface area contributed by atoms with Crippen LogP contribution in [0.2, 0.25) is 0 Å². The van der Waals surface area contributed by atoms with E-state index in [2.05, 4.69) is 52.7 Å². The minimum atomic E-state index is -0.258. The van der Waals surface area contributed by atoms with E-state index in [1.807, 2.05) is 18.2 Å². The van der Waals surface area contributed by atoms with Crippen molar-refractivity contribution in [2.45, 2.75) is 0 Å². The van der Waals surface area contributed by atoms with Crippen LogP contribution in [0.1, 0.15) is 0 Å². The van der Waals surface area contributed by atoms with Gasteiger partial charge in [0, 0.05) is 15.0 Å². The highest BCUT2D eigenvalue weighted by Crippen LogP contribution is 2.26. The Balaban J connectivity index is 1.61. The SMILES string of the molecule is O=C(COc1cccc(-n2cnnn2)c1)Nc1ccc(Br)cc1Br. The van der Waals surface area contributed by atoms with Crippen molar-refractivity contribution in [3.63, 3.8) is 0 Å². The fraction of sp³-hybridized carbons (Fsp3) is 0.0667. The van der Waals surface area contributed by atoms with Crippen molar-refractivity contribution >= 4 is 43.5 Å². The maximum absolute atomic E-state index is 12.0. The summed E-state index contributed by atoms with van der Waals surface area (Å²) in [5, 5.41) is 13.8. The van der Waals surface area contributed by atoms with Gasteiger partial charge in [0.05, 0.1) is 11.4 Å². The van der Waals surface area contributed by atoms with E-state index in [0.29, 0.717) is 11.4 Å². The Kier molecular flexibility index (Phi) is 5.21. The van der Waals surface area contributed by atoms with E-state index in [0.717, 1.165) is 14.6 Å². The summed E-state index contributed by atoms with van der Waals surface area (Å²) in [6.07, 6.45) is 1.48. The maximum atomic E-state index is 12.0. The second kappa shape index (κ2) is 7.54. The topological polar surface area (TPSA) is 81.9 Å². The molecule has 0 atom stereocenters. The van der Waals surface area contributed by atoms with Crippen molar-refractivity contribution in [3.05, 3.63) is 57.7 Å². The highest BCUT2D eigenvalue weighted by molar-refractivity contribution is 9.11. The van der Waals surface area contributed by atoms with Gasteiger partial charge in [0.2, 0.25) is 0 Å². The predicted octanol–water partition coefficient (Wildman–Crippen LogP) is 3.20. The molecule has 0 fully saturated rings. The number of anilines is 1. The second-order valence-electron chi connectivity index (χ2n) is 4.71. The van der Waals surface area contributed by atoms with E-state index < -0.39 is 0 Å². The third-order valence-electron chi connectivity index (χ3n) is 3.01. The summed E-state index contributed by atoms with van der Waals surface area (Å²) in [5.74, 6) is 0.291. The van der Waals surface area contributed by atoms with Crippen molar-refractivity contribution in [2.75, 3.05) is 11.9 Å². The molecule has 0 aliphatic carbocycles. The molecule has 0 aliphatic rings. The van der Waals surface area contributed by atoms with Crippen molar-refractivity contribution < 1.29 is 9.53 Å². The van der Waals surface area contributed by atoms with Gasteiger partial charge in [0.1, 0.15) is 12.1 Å². The lowest BCUT2D eigenvalue weighted by atomic mass is 10.3. The summed E-state index contributed by atoms with van der Waals surface area (Å²) in [6, 6.07) is 12.6. The number of hydrogen-bond acceptors (Lipinski definition) is 5. The minimum absolute atomic E-state index is 0.110. The smallest absolute Gasteiger partial charge is 0.262 e. The van der Waals surface area contributed by atoms with E-state index in [-0.39, 0.29) is 12.5 Å². The first-order valence-electron chi connectivity index (χ1n) is 6.83. The van der Waals surface area contributed by atoms with Gasteiger partial charge in [-0.05, 0) is 56.7 Å². The van der Waals surface area contributed by atoms with Crippen LogP contribution in [-0.2, 0) is 4.79 Å². The zero-order valence-corrected chi connectivity index (χ0v) is 15.4. The summed E-state index contributed by atoms with van der Waals surface area (Å²) < 4.78 is 8.73. The first-order chi connectivity index (χ1) is 11.6. The summed E-state index contributed by atoms with van der Waals surface area (Å²) >= 11 is 6.76. The molecule has 0 unspecified atom stereocenters. The summed E-state index contributed by atoms with van der Waals surface area (Å²) in [7, 11) is 0. The molecule has 0 aliphatic heterocycles. The molecule has 0 radical (unpaired) electrons. The molecular weight excluding hydrogens is 442 g/mol. The lowest BCUT2D eigenvalue weighted by Crippen LogP contribution is -2.20. The molecule has 0 saturated carbocycles. The Labute approximate surface area is 154 Å². The second-order valence-corrected chi connectivity index (χ2v) is 6.48. The van der Waals surface area contributed by atoms with Gasteiger partial charge in [0.25, 0.3) is 5.91 Å². The van der Waals surface area contributed by atoms with Crippen LogP contribution in [0.3, 0.4) is 0 Å². The molecule has 9 heteroatoms. The fourth-order valence-corrected chi connectivity index (χ4v) is 3.07. The van der Waals surface area contributed by atoms with Crippen molar-refractivity contribution in [3.8, 4) is 11.4 Å². The molecule has 1 aromatic heterocycles. The molecule has 122 valence electrons. The standard InChI is InChI=1S/C15H11Br2N5O2/c16-10-4-5-14(13(17)6-10)19-15(23)8-24-12-3-1-2-11(7-12)22-9-18-20-21-22/h1-7,9H,8H2,(H,19,23). The molecule has 3 aromatic rings. The lowest BCUT2D eigenvalue weighted by molar-refractivity contribution is -0.118. The van der Waals surface area contributed by atoms with E-state index in [1.165, 1.54) is 11.0 Å². The van der Waals surface area contributed by atoms with Gasteiger partial charge in [-0.3, -0.25) is 4.79 Å². The number of rotatable bonds is 5. The van der Waals surface area contributed by atoms with E-state index in [1.54, 1.807) is 24.3 Å². The van der Waals surface area contributed by atoms with E-state index >= 15 is 0 Å². The normalized spacial score (nSPS) is 10.4. The van der Waals surface area contributed by atoms with Crippen molar-refractivity contribution in [1.29, 1.82) is 0 Å². The average molecular weight is 453 g/mol. The zero-order chi connectivity index (χ0) is 16.9. The number of tetrazole rings is 1. The molecule has 0 saturated heterocycles. The van der Waals surface area contributed by atoms with Crippen LogP contribution in [0, 0.1) is 0 Å². The highest BCUT2D eigenvalue weighted by atomic mass is 79.9. The quantitative estimate of drug-likeness (QED) is 0.642. The molecule has 0 bridgehead atoms. The van der Waals surface area contributed by atoms with Crippen LogP contribution in [-0.4, -0.2) is 32.7 Å².